The zero-order valence-electron chi connectivity index (χ0n) is 20.7. The molecule has 186 valence electrons. The Labute approximate surface area is 210 Å². The Kier molecular flexibility index (Phi) is 6.08. The predicted octanol–water partition coefficient (Wildman–Crippen LogP) is 3.99. The largest absolute Gasteiger partial charge is 0.355 e. The van der Waals surface area contributed by atoms with Crippen molar-refractivity contribution in [1.29, 1.82) is 0 Å². The van der Waals surface area contributed by atoms with Gasteiger partial charge in [-0.1, -0.05) is 12.2 Å². The van der Waals surface area contributed by atoms with Crippen LogP contribution >= 0.6 is 0 Å². The standard InChI is InChI=1S/C26H32N10/c1-3-5-15-35-23-19(21(27-17-29-23)33-11-7-8-12-33)31-25(35)26-32-20-22(34-13-9-10-14-34)28-18-30-24(20)36(26)16-6-4-2/h3-4,17-18H,1-2,5-16H2. The monoisotopic (exact) mass is 484 g/mol. The second-order valence-corrected chi connectivity index (χ2v) is 9.46. The average molecular weight is 485 g/mol. The maximum atomic E-state index is 5.16. The topological polar surface area (TPSA) is 93.7 Å². The highest BCUT2D eigenvalue weighted by molar-refractivity contribution is 5.89. The van der Waals surface area contributed by atoms with E-state index in [9.17, 15) is 0 Å². The molecular weight excluding hydrogens is 452 g/mol. The lowest BCUT2D eigenvalue weighted by molar-refractivity contribution is 0.696. The van der Waals surface area contributed by atoms with Crippen LogP contribution in [0.1, 0.15) is 38.5 Å². The molecule has 2 aliphatic heterocycles. The number of nitrogens with zero attached hydrogens (tertiary/aromatic N) is 10. The highest BCUT2D eigenvalue weighted by Gasteiger charge is 2.27. The molecule has 0 N–H and O–H groups in total. The quantitative estimate of drug-likeness (QED) is 0.329. The van der Waals surface area contributed by atoms with Crippen molar-refractivity contribution in [2.45, 2.75) is 51.6 Å². The molecule has 2 aliphatic rings. The number of fused-ring (bicyclic) bond motifs is 2. The van der Waals surface area contributed by atoms with Crippen molar-refractivity contribution in [3.05, 3.63) is 38.0 Å². The summed E-state index contributed by atoms with van der Waals surface area (Å²) in [5.74, 6) is 3.37. The summed E-state index contributed by atoms with van der Waals surface area (Å²) in [6.45, 7) is 13.3. The number of hydrogen-bond acceptors (Lipinski definition) is 8. The fourth-order valence-electron chi connectivity index (χ4n) is 5.38. The summed E-state index contributed by atoms with van der Waals surface area (Å²) >= 11 is 0. The Balaban J connectivity index is 1.58. The van der Waals surface area contributed by atoms with Gasteiger partial charge in [-0.15, -0.1) is 13.2 Å². The van der Waals surface area contributed by atoms with Gasteiger partial charge in [-0.3, -0.25) is 0 Å². The first-order valence-electron chi connectivity index (χ1n) is 12.9. The average Bonchev–Trinajstić information content (AvgIpc) is 3.71. The minimum atomic E-state index is 0.709. The summed E-state index contributed by atoms with van der Waals surface area (Å²) < 4.78 is 4.32. The molecule has 6 rings (SSSR count). The highest BCUT2D eigenvalue weighted by Crippen LogP contribution is 2.34. The Bertz CT molecular complexity index is 1300. The first-order chi connectivity index (χ1) is 17.8. The summed E-state index contributed by atoms with van der Waals surface area (Å²) in [4.78, 5) is 33.6. The summed E-state index contributed by atoms with van der Waals surface area (Å²) in [5, 5.41) is 0. The molecule has 0 unspecified atom stereocenters. The molecule has 10 nitrogen and oxygen atoms in total. The van der Waals surface area contributed by atoms with Crippen LogP contribution in [0.4, 0.5) is 11.6 Å². The van der Waals surface area contributed by atoms with E-state index in [0.29, 0.717) is 13.1 Å². The lowest BCUT2D eigenvalue weighted by Gasteiger charge is -2.15. The van der Waals surface area contributed by atoms with E-state index in [1.807, 2.05) is 12.2 Å². The smallest absolute Gasteiger partial charge is 0.178 e. The van der Waals surface area contributed by atoms with Crippen molar-refractivity contribution in [3.63, 3.8) is 0 Å². The van der Waals surface area contributed by atoms with Gasteiger partial charge in [-0.2, -0.15) is 0 Å². The van der Waals surface area contributed by atoms with Crippen molar-refractivity contribution in [2.24, 2.45) is 0 Å². The van der Waals surface area contributed by atoms with Crippen LogP contribution in [0, 0.1) is 0 Å². The van der Waals surface area contributed by atoms with E-state index < -0.39 is 0 Å². The number of anilines is 2. The third-order valence-electron chi connectivity index (χ3n) is 7.15. The van der Waals surface area contributed by atoms with Crippen LogP contribution in [0.2, 0.25) is 0 Å². The molecule has 36 heavy (non-hydrogen) atoms. The first kappa shape index (κ1) is 22.6. The van der Waals surface area contributed by atoms with Gasteiger partial charge in [0, 0.05) is 39.3 Å². The Morgan fingerprint density at radius 3 is 1.44 bits per heavy atom. The molecule has 4 aromatic rings. The van der Waals surface area contributed by atoms with Gasteiger partial charge in [0.15, 0.2) is 45.6 Å². The number of imidazole rings is 2. The van der Waals surface area contributed by atoms with Gasteiger partial charge >= 0.3 is 0 Å². The van der Waals surface area contributed by atoms with E-state index in [2.05, 4.69) is 52.0 Å². The Hall–Kier alpha value is -3.82. The lowest BCUT2D eigenvalue weighted by atomic mass is 10.3. The highest BCUT2D eigenvalue weighted by atomic mass is 15.3. The molecule has 6 heterocycles. The summed E-state index contributed by atoms with van der Waals surface area (Å²) in [7, 11) is 0. The first-order valence-corrected chi connectivity index (χ1v) is 12.9. The van der Waals surface area contributed by atoms with Crippen LogP contribution in [-0.2, 0) is 13.1 Å². The van der Waals surface area contributed by atoms with Gasteiger partial charge in [0.25, 0.3) is 0 Å². The van der Waals surface area contributed by atoms with Crippen molar-refractivity contribution < 1.29 is 0 Å². The van der Waals surface area contributed by atoms with Gasteiger partial charge in [0.05, 0.1) is 0 Å². The molecular formula is C26H32N10. The summed E-state index contributed by atoms with van der Waals surface area (Å²) in [5.41, 5.74) is 3.31. The van der Waals surface area contributed by atoms with E-state index in [-0.39, 0.29) is 0 Å². The minimum absolute atomic E-state index is 0.709. The molecule has 0 radical (unpaired) electrons. The van der Waals surface area contributed by atoms with Gasteiger partial charge in [0.2, 0.25) is 0 Å². The number of rotatable bonds is 9. The number of hydrogen-bond donors (Lipinski definition) is 0. The summed E-state index contributed by atoms with van der Waals surface area (Å²) in [6.07, 6.45) is 13.4. The zero-order chi connectivity index (χ0) is 24.5. The van der Waals surface area contributed by atoms with Crippen LogP contribution in [0.25, 0.3) is 34.0 Å². The Morgan fingerprint density at radius 2 is 1.06 bits per heavy atom. The van der Waals surface area contributed by atoms with Crippen molar-refractivity contribution in [2.75, 3.05) is 36.0 Å². The molecule has 0 atom stereocenters. The lowest BCUT2D eigenvalue weighted by Crippen LogP contribution is -2.19. The normalized spacial score (nSPS) is 16.0. The maximum absolute atomic E-state index is 5.16. The molecule has 4 aromatic heterocycles. The van der Waals surface area contributed by atoms with Crippen molar-refractivity contribution in [3.8, 4) is 11.6 Å². The minimum Gasteiger partial charge on any atom is -0.355 e. The van der Waals surface area contributed by atoms with Crippen LogP contribution in [0.15, 0.2) is 38.0 Å². The van der Waals surface area contributed by atoms with Crippen LogP contribution < -0.4 is 9.80 Å². The zero-order valence-corrected chi connectivity index (χ0v) is 20.7. The van der Waals surface area contributed by atoms with Crippen LogP contribution in [0.3, 0.4) is 0 Å². The van der Waals surface area contributed by atoms with Gasteiger partial charge < -0.3 is 18.9 Å². The molecule has 0 saturated carbocycles. The molecule has 2 fully saturated rings. The van der Waals surface area contributed by atoms with E-state index in [0.717, 1.165) is 84.6 Å². The number of aromatic nitrogens is 8. The number of aryl methyl sites for hydroxylation is 2. The molecule has 2 saturated heterocycles. The van der Waals surface area contributed by atoms with E-state index in [1.54, 1.807) is 12.7 Å². The van der Waals surface area contributed by atoms with Crippen molar-refractivity contribution >= 4 is 34.0 Å². The molecule has 0 aliphatic carbocycles. The van der Waals surface area contributed by atoms with E-state index in [1.165, 1.54) is 25.7 Å². The van der Waals surface area contributed by atoms with E-state index >= 15 is 0 Å². The van der Waals surface area contributed by atoms with Gasteiger partial charge in [-0.25, -0.2) is 29.9 Å². The van der Waals surface area contributed by atoms with Gasteiger partial charge in [-0.05, 0) is 38.5 Å². The Morgan fingerprint density at radius 1 is 0.639 bits per heavy atom. The van der Waals surface area contributed by atoms with E-state index in [4.69, 9.17) is 9.97 Å². The van der Waals surface area contributed by atoms with Crippen LogP contribution in [0.5, 0.6) is 0 Å². The van der Waals surface area contributed by atoms with Crippen LogP contribution in [-0.4, -0.2) is 65.2 Å². The molecule has 0 spiro atoms. The molecule has 10 heteroatoms. The third kappa shape index (κ3) is 3.81. The second-order valence-electron chi connectivity index (χ2n) is 9.46. The number of allylic oxidation sites excluding steroid dienone is 2. The fraction of sp³-hybridized carbons (Fsp3) is 0.462. The summed E-state index contributed by atoms with van der Waals surface area (Å²) in [6, 6.07) is 0. The molecule has 0 aromatic carbocycles. The predicted molar refractivity (Wildman–Crippen MR) is 142 cm³/mol. The second kappa shape index (κ2) is 9.67. The molecule has 0 amide bonds. The fourth-order valence-corrected chi connectivity index (χ4v) is 5.38. The molecule has 0 bridgehead atoms. The third-order valence-corrected chi connectivity index (χ3v) is 7.15. The SMILES string of the molecule is C=CCCn1c(-c2nc3c(N4CCCC4)ncnc3n2CCC=C)nc2c(N3CCCC3)ncnc21. The van der Waals surface area contributed by atoms with Crippen molar-refractivity contribution in [1.82, 2.24) is 39.0 Å². The van der Waals surface area contributed by atoms with Gasteiger partial charge in [0.1, 0.15) is 12.7 Å². The maximum Gasteiger partial charge on any atom is 0.178 e.